The predicted octanol–water partition coefficient (Wildman–Crippen LogP) is 3.88. The summed E-state index contributed by atoms with van der Waals surface area (Å²) >= 11 is 1.54. The smallest absolute Gasteiger partial charge is 0.294 e. The number of halogens is 3. The van der Waals surface area contributed by atoms with Crippen LogP contribution in [-0.2, 0) is 16.2 Å². The summed E-state index contributed by atoms with van der Waals surface area (Å²) in [6.07, 6.45) is -2.47. The minimum absolute atomic E-state index is 0.113. The van der Waals surface area contributed by atoms with E-state index in [4.69, 9.17) is 0 Å². The first-order valence-corrected chi connectivity index (χ1v) is 10.6. The molecule has 0 aliphatic carbocycles. The van der Waals surface area contributed by atoms with Crippen LogP contribution in [0.2, 0.25) is 0 Å². The lowest BCUT2D eigenvalue weighted by atomic mass is 10.2. The lowest BCUT2D eigenvalue weighted by Crippen LogP contribution is -2.36. The molecule has 1 aliphatic rings. The number of hydrogen-bond donors (Lipinski definition) is 1. The molecular formula is C17H19F3N2O2S2. The van der Waals surface area contributed by atoms with Gasteiger partial charge in [-0.15, -0.1) is 11.3 Å². The number of thiophene rings is 1. The largest absolute Gasteiger partial charge is 0.416 e. The maximum Gasteiger partial charge on any atom is 0.416 e. The zero-order valence-electron chi connectivity index (χ0n) is 13.9. The van der Waals surface area contributed by atoms with Crippen LogP contribution in [0.15, 0.2) is 46.7 Å². The number of likely N-dealkylation sites (tertiary alicyclic amines) is 1. The van der Waals surface area contributed by atoms with Gasteiger partial charge in [-0.05, 0) is 55.6 Å². The second-order valence-electron chi connectivity index (χ2n) is 6.15. The fraction of sp³-hybridized carbons (Fsp3) is 0.412. The molecule has 1 aromatic heterocycles. The molecule has 2 aromatic rings. The maximum absolute atomic E-state index is 12.8. The molecule has 142 valence electrons. The summed E-state index contributed by atoms with van der Waals surface area (Å²) in [5.41, 5.74) is -0.977. The maximum atomic E-state index is 12.8. The van der Waals surface area contributed by atoms with Crippen molar-refractivity contribution in [1.29, 1.82) is 0 Å². The Morgan fingerprint density at radius 1 is 1.15 bits per heavy atom. The van der Waals surface area contributed by atoms with Crippen LogP contribution in [0.4, 0.5) is 13.2 Å². The number of nitrogens with one attached hydrogen (secondary N) is 1. The summed E-state index contributed by atoms with van der Waals surface area (Å²) in [4.78, 5) is 2.87. The van der Waals surface area contributed by atoms with Crippen molar-refractivity contribution in [3.63, 3.8) is 0 Å². The molecule has 2 heterocycles. The molecule has 1 saturated heterocycles. The molecule has 1 unspecified atom stereocenters. The highest BCUT2D eigenvalue weighted by molar-refractivity contribution is 7.89. The van der Waals surface area contributed by atoms with E-state index in [-0.39, 0.29) is 17.5 Å². The van der Waals surface area contributed by atoms with Crippen LogP contribution in [0.3, 0.4) is 0 Å². The molecule has 1 atom stereocenters. The van der Waals surface area contributed by atoms with E-state index in [1.54, 1.807) is 11.3 Å². The van der Waals surface area contributed by atoms with Crippen molar-refractivity contribution in [1.82, 2.24) is 9.62 Å². The minimum atomic E-state index is -4.58. The van der Waals surface area contributed by atoms with Gasteiger partial charge in [-0.25, -0.2) is 13.1 Å². The van der Waals surface area contributed by atoms with E-state index in [1.807, 2.05) is 17.5 Å². The molecule has 4 nitrogen and oxygen atoms in total. The highest BCUT2D eigenvalue weighted by Crippen LogP contribution is 2.31. The first-order valence-electron chi connectivity index (χ1n) is 8.22. The highest BCUT2D eigenvalue weighted by atomic mass is 32.2. The number of alkyl halides is 3. The third-order valence-corrected chi connectivity index (χ3v) is 6.79. The van der Waals surface area contributed by atoms with Crippen molar-refractivity contribution in [2.75, 3.05) is 19.6 Å². The second kappa shape index (κ2) is 7.67. The van der Waals surface area contributed by atoms with Gasteiger partial charge in [0.2, 0.25) is 10.0 Å². The van der Waals surface area contributed by atoms with Gasteiger partial charge in [0, 0.05) is 11.4 Å². The number of rotatable bonds is 6. The summed E-state index contributed by atoms with van der Waals surface area (Å²) in [7, 11) is -4.03. The van der Waals surface area contributed by atoms with Gasteiger partial charge in [0.1, 0.15) is 0 Å². The molecule has 0 radical (unpaired) electrons. The Labute approximate surface area is 154 Å². The quantitative estimate of drug-likeness (QED) is 0.795. The van der Waals surface area contributed by atoms with Crippen LogP contribution in [0.5, 0.6) is 0 Å². The van der Waals surface area contributed by atoms with E-state index in [9.17, 15) is 21.6 Å². The van der Waals surface area contributed by atoms with Crippen molar-refractivity contribution in [3.05, 3.63) is 52.2 Å². The van der Waals surface area contributed by atoms with Gasteiger partial charge >= 0.3 is 6.18 Å². The summed E-state index contributed by atoms with van der Waals surface area (Å²) in [5, 5.41) is 1.93. The van der Waals surface area contributed by atoms with Crippen LogP contribution in [0.1, 0.15) is 29.3 Å². The van der Waals surface area contributed by atoms with Crippen LogP contribution in [-0.4, -0.2) is 33.0 Å². The molecule has 1 aromatic carbocycles. The van der Waals surface area contributed by atoms with Crippen molar-refractivity contribution in [3.8, 4) is 0 Å². The first-order chi connectivity index (χ1) is 12.3. The average Bonchev–Trinajstić information content (AvgIpc) is 3.28. The zero-order chi connectivity index (χ0) is 18.8. The zero-order valence-corrected chi connectivity index (χ0v) is 15.5. The van der Waals surface area contributed by atoms with Crippen LogP contribution >= 0.6 is 11.3 Å². The number of hydrogen-bond acceptors (Lipinski definition) is 4. The monoisotopic (exact) mass is 404 g/mol. The van der Waals surface area contributed by atoms with Crippen molar-refractivity contribution < 1.29 is 21.6 Å². The van der Waals surface area contributed by atoms with Crippen LogP contribution in [0, 0.1) is 0 Å². The topological polar surface area (TPSA) is 49.4 Å². The van der Waals surface area contributed by atoms with Crippen molar-refractivity contribution >= 4 is 21.4 Å². The average molecular weight is 404 g/mol. The van der Waals surface area contributed by atoms with E-state index in [0.717, 1.165) is 42.9 Å². The number of nitrogens with zero attached hydrogens (tertiary/aromatic N) is 1. The summed E-state index contributed by atoms with van der Waals surface area (Å²) in [5.74, 6) is 0. The van der Waals surface area contributed by atoms with E-state index in [0.29, 0.717) is 6.07 Å². The van der Waals surface area contributed by atoms with Gasteiger partial charge in [-0.3, -0.25) is 4.90 Å². The van der Waals surface area contributed by atoms with E-state index in [2.05, 4.69) is 9.62 Å². The van der Waals surface area contributed by atoms with Gasteiger partial charge in [-0.1, -0.05) is 12.1 Å². The third-order valence-electron chi connectivity index (χ3n) is 4.39. The van der Waals surface area contributed by atoms with E-state index < -0.39 is 21.8 Å². The normalized spacial score (nSPS) is 17.5. The second-order valence-corrected chi connectivity index (χ2v) is 8.90. The van der Waals surface area contributed by atoms with Crippen LogP contribution < -0.4 is 4.72 Å². The molecule has 0 bridgehead atoms. The fourth-order valence-electron chi connectivity index (χ4n) is 3.06. The summed E-state index contributed by atoms with van der Waals surface area (Å²) < 4.78 is 66.0. The molecule has 9 heteroatoms. The SMILES string of the molecule is O=S(=O)(NCC(c1cccs1)N1CCCC1)c1cccc(C(F)(F)F)c1. The Balaban J connectivity index is 1.78. The summed E-state index contributed by atoms with van der Waals surface area (Å²) in [6.45, 7) is 1.89. The molecule has 0 amide bonds. The molecule has 1 N–H and O–H groups in total. The van der Waals surface area contributed by atoms with Crippen molar-refractivity contribution in [2.24, 2.45) is 0 Å². The molecule has 1 fully saturated rings. The lowest BCUT2D eigenvalue weighted by molar-refractivity contribution is -0.137. The molecule has 1 aliphatic heterocycles. The third kappa shape index (κ3) is 4.46. The van der Waals surface area contributed by atoms with Gasteiger partial charge in [-0.2, -0.15) is 13.2 Å². The molecule has 0 spiro atoms. The van der Waals surface area contributed by atoms with Gasteiger partial charge < -0.3 is 0 Å². The Hall–Kier alpha value is -1.42. The standard InChI is InChI=1S/C17H19F3N2O2S2/c18-17(19,20)13-5-3-6-14(11-13)26(23,24)21-12-15(16-7-4-10-25-16)22-8-1-2-9-22/h3-7,10-11,15,21H,1-2,8-9,12H2. The molecule has 3 rings (SSSR count). The number of sulfonamides is 1. The fourth-order valence-corrected chi connectivity index (χ4v) is 5.00. The Morgan fingerprint density at radius 2 is 1.88 bits per heavy atom. The summed E-state index contributed by atoms with van der Waals surface area (Å²) in [6, 6.07) is 7.55. The minimum Gasteiger partial charge on any atom is -0.294 e. The van der Waals surface area contributed by atoms with E-state index in [1.165, 1.54) is 6.07 Å². The van der Waals surface area contributed by atoms with Gasteiger partial charge in [0.05, 0.1) is 16.5 Å². The van der Waals surface area contributed by atoms with E-state index >= 15 is 0 Å². The molecule has 26 heavy (non-hydrogen) atoms. The Morgan fingerprint density at radius 3 is 2.50 bits per heavy atom. The Bertz CT molecular complexity index is 830. The lowest BCUT2D eigenvalue weighted by Gasteiger charge is -2.26. The predicted molar refractivity (Wildman–Crippen MR) is 94.5 cm³/mol. The van der Waals surface area contributed by atoms with Gasteiger partial charge in [0.25, 0.3) is 0 Å². The molecular weight excluding hydrogens is 385 g/mol. The highest BCUT2D eigenvalue weighted by Gasteiger charge is 2.32. The van der Waals surface area contributed by atoms with Gasteiger partial charge in [0.15, 0.2) is 0 Å². The van der Waals surface area contributed by atoms with Crippen LogP contribution in [0.25, 0.3) is 0 Å². The molecule has 0 saturated carbocycles. The van der Waals surface area contributed by atoms with Crippen molar-refractivity contribution in [2.45, 2.75) is 30.0 Å². The Kier molecular flexibility index (Phi) is 5.71. The first kappa shape index (κ1) is 19.3. The number of benzene rings is 1.